The van der Waals surface area contributed by atoms with Gasteiger partial charge in [-0.3, -0.25) is 0 Å². The van der Waals surface area contributed by atoms with Gasteiger partial charge in [-0.25, -0.2) is 0 Å². The number of hydrogen-bond donors (Lipinski definition) is 0. The molecule has 2 unspecified atom stereocenters. The molecule has 0 saturated carbocycles. The van der Waals surface area contributed by atoms with Crippen molar-refractivity contribution in [2.75, 3.05) is 12.3 Å². The second kappa shape index (κ2) is 8.53. The summed E-state index contributed by atoms with van der Waals surface area (Å²) in [7, 11) is 2.63. The third-order valence-electron chi connectivity index (χ3n) is 1.23. The minimum Gasteiger partial charge on any atom is -0.138 e. The van der Waals surface area contributed by atoms with Gasteiger partial charge < -0.3 is 0 Å². The van der Waals surface area contributed by atoms with E-state index < -0.39 is 0 Å². The minimum absolute atomic E-state index is 0.0855. The molecule has 0 heterocycles. The molecule has 9 heavy (non-hydrogen) atoms. The maximum Gasteiger partial charge on any atom is 0.324 e. The normalized spacial score (nSPS) is 10.3. The van der Waals surface area contributed by atoms with Crippen LogP contribution in [0.3, 0.4) is 0 Å². The van der Waals surface area contributed by atoms with Crippen molar-refractivity contribution in [2.45, 2.75) is 25.7 Å². The fourth-order valence-corrected chi connectivity index (χ4v) is 1.38. The summed E-state index contributed by atoms with van der Waals surface area (Å²) in [4.78, 5) is 0. The highest BCUT2D eigenvalue weighted by Crippen LogP contribution is 2.05. The molecule has 0 spiro atoms. The summed E-state index contributed by atoms with van der Waals surface area (Å²) in [6, 6.07) is 0. The van der Waals surface area contributed by atoms with Crippen LogP contribution >= 0.6 is 17.7 Å². The van der Waals surface area contributed by atoms with Crippen molar-refractivity contribution >= 4 is 17.7 Å². The molecule has 0 aromatic rings. The molecule has 3 heteroatoms. The first kappa shape index (κ1) is 9.53. The first-order chi connectivity index (χ1) is 4.41. The van der Waals surface area contributed by atoms with Gasteiger partial charge in [-0.1, -0.05) is 11.0 Å². The molecule has 0 amide bonds. The molecule has 1 nitrogen and oxygen atoms in total. The van der Waals surface area contributed by atoms with Gasteiger partial charge in [-0.15, -0.1) is 9.24 Å². The Bertz CT molecular complexity index is 66.1. The SMILES string of the molecule is O=[PH+]CCCCCCP. The van der Waals surface area contributed by atoms with Gasteiger partial charge in [-0.2, -0.15) is 0 Å². The number of hydrogen-bond acceptors (Lipinski definition) is 1. The van der Waals surface area contributed by atoms with E-state index >= 15 is 0 Å². The number of rotatable bonds is 6. The molecule has 0 aliphatic heterocycles. The zero-order chi connectivity index (χ0) is 6.95. The Morgan fingerprint density at radius 1 is 1.11 bits per heavy atom. The van der Waals surface area contributed by atoms with Crippen LogP contribution in [0.2, 0.25) is 0 Å². The molecule has 0 N–H and O–H groups in total. The molecule has 0 bridgehead atoms. The monoisotopic (exact) mass is 165 g/mol. The van der Waals surface area contributed by atoms with Crippen LogP contribution in [0.4, 0.5) is 0 Å². The van der Waals surface area contributed by atoms with E-state index in [9.17, 15) is 4.57 Å². The van der Waals surface area contributed by atoms with Crippen molar-refractivity contribution < 1.29 is 4.57 Å². The van der Waals surface area contributed by atoms with Crippen LogP contribution in [-0.2, 0) is 4.57 Å². The van der Waals surface area contributed by atoms with E-state index in [-0.39, 0.29) is 8.46 Å². The van der Waals surface area contributed by atoms with Crippen LogP contribution in [0.5, 0.6) is 0 Å². The quantitative estimate of drug-likeness (QED) is 0.436. The molecular weight excluding hydrogens is 150 g/mol. The largest absolute Gasteiger partial charge is 0.324 e. The van der Waals surface area contributed by atoms with Crippen LogP contribution in [0.1, 0.15) is 25.7 Å². The third kappa shape index (κ3) is 8.53. The lowest BCUT2D eigenvalue weighted by atomic mass is 10.2. The smallest absolute Gasteiger partial charge is 0.138 e. The van der Waals surface area contributed by atoms with Crippen molar-refractivity contribution in [3.8, 4) is 0 Å². The fourth-order valence-electron chi connectivity index (χ4n) is 0.695. The average molecular weight is 165 g/mol. The van der Waals surface area contributed by atoms with Crippen molar-refractivity contribution in [3.63, 3.8) is 0 Å². The zero-order valence-electron chi connectivity index (χ0n) is 5.73. The van der Waals surface area contributed by atoms with Crippen LogP contribution < -0.4 is 0 Å². The first-order valence-electron chi connectivity index (χ1n) is 3.47. The van der Waals surface area contributed by atoms with Gasteiger partial charge in [-0.05, 0) is 25.4 Å². The second-order valence-electron chi connectivity index (χ2n) is 2.10. The molecular formula is C6H15OP2+. The summed E-state index contributed by atoms with van der Waals surface area (Å²) in [6.45, 7) is 0. The van der Waals surface area contributed by atoms with Gasteiger partial charge >= 0.3 is 8.46 Å². The summed E-state index contributed by atoms with van der Waals surface area (Å²) >= 11 is 0. The van der Waals surface area contributed by atoms with Crippen molar-refractivity contribution in [2.24, 2.45) is 0 Å². The van der Waals surface area contributed by atoms with Gasteiger partial charge in [0, 0.05) is 0 Å². The zero-order valence-corrected chi connectivity index (χ0v) is 7.88. The maximum atomic E-state index is 9.99. The lowest BCUT2D eigenvalue weighted by molar-refractivity contribution is 0.595. The molecule has 0 rings (SSSR count). The summed E-state index contributed by atoms with van der Waals surface area (Å²) in [5.74, 6) is 0. The summed E-state index contributed by atoms with van der Waals surface area (Å²) in [6.07, 6.45) is 7.10. The predicted octanol–water partition coefficient (Wildman–Crippen LogP) is 2.45. The van der Waals surface area contributed by atoms with E-state index in [0.717, 1.165) is 12.6 Å². The summed E-state index contributed by atoms with van der Waals surface area (Å²) < 4.78 is 9.99. The fraction of sp³-hybridized carbons (Fsp3) is 1.00. The first-order valence-corrected chi connectivity index (χ1v) is 5.40. The second-order valence-corrected chi connectivity index (χ2v) is 3.46. The lowest BCUT2D eigenvalue weighted by Gasteiger charge is -1.91. The van der Waals surface area contributed by atoms with E-state index in [0.29, 0.717) is 0 Å². The topological polar surface area (TPSA) is 17.1 Å². The highest BCUT2D eigenvalue weighted by molar-refractivity contribution is 7.23. The van der Waals surface area contributed by atoms with Crippen LogP contribution in [-0.4, -0.2) is 12.3 Å². The maximum absolute atomic E-state index is 9.99. The van der Waals surface area contributed by atoms with Crippen molar-refractivity contribution in [1.82, 2.24) is 0 Å². The standard InChI is InChI=1S/C6H14OP2/c7-9-6-4-2-1-3-5-8/h1-6,8H2/p+1. The van der Waals surface area contributed by atoms with E-state index in [1.807, 2.05) is 0 Å². The van der Waals surface area contributed by atoms with Gasteiger partial charge in [0.25, 0.3) is 0 Å². The van der Waals surface area contributed by atoms with Gasteiger partial charge in [0.2, 0.25) is 0 Å². The highest BCUT2D eigenvalue weighted by Gasteiger charge is 1.91. The molecule has 54 valence electrons. The van der Waals surface area contributed by atoms with Gasteiger partial charge in [0.15, 0.2) is 0 Å². The van der Waals surface area contributed by atoms with Crippen LogP contribution in [0.15, 0.2) is 0 Å². The Morgan fingerprint density at radius 3 is 2.33 bits per heavy atom. The molecule has 0 aromatic carbocycles. The van der Waals surface area contributed by atoms with Gasteiger partial charge in [0.1, 0.15) is 6.16 Å². The van der Waals surface area contributed by atoms with Gasteiger partial charge in [0.05, 0.1) is 0 Å². The Hall–Kier alpha value is 0.530. The third-order valence-corrected chi connectivity index (χ3v) is 2.20. The van der Waals surface area contributed by atoms with E-state index in [1.54, 1.807) is 0 Å². The lowest BCUT2D eigenvalue weighted by Crippen LogP contribution is -1.78. The number of unbranched alkanes of at least 4 members (excludes halogenated alkanes) is 3. The molecule has 0 aliphatic carbocycles. The van der Waals surface area contributed by atoms with Crippen LogP contribution in [0, 0.1) is 0 Å². The minimum atomic E-state index is -0.0855. The van der Waals surface area contributed by atoms with Crippen molar-refractivity contribution in [1.29, 1.82) is 0 Å². The summed E-state index contributed by atoms with van der Waals surface area (Å²) in [5, 5.41) is 0. The Balaban J connectivity index is 2.66. The Morgan fingerprint density at radius 2 is 1.78 bits per heavy atom. The highest BCUT2D eigenvalue weighted by atomic mass is 31.1. The average Bonchev–Trinajstić information content (AvgIpc) is 1.89. The van der Waals surface area contributed by atoms with Crippen LogP contribution in [0.25, 0.3) is 0 Å². The molecule has 2 atom stereocenters. The molecule has 0 radical (unpaired) electrons. The molecule has 0 fully saturated rings. The van der Waals surface area contributed by atoms with Crippen molar-refractivity contribution in [3.05, 3.63) is 0 Å². The Labute approximate surface area is 61.0 Å². The molecule has 0 aromatic heterocycles. The van der Waals surface area contributed by atoms with E-state index in [2.05, 4.69) is 9.24 Å². The van der Waals surface area contributed by atoms with E-state index in [1.165, 1.54) is 25.4 Å². The predicted molar refractivity (Wildman–Crippen MR) is 46.9 cm³/mol. The molecule has 0 saturated heterocycles. The molecule has 0 aliphatic rings. The summed E-state index contributed by atoms with van der Waals surface area (Å²) in [5.41, 5.74) is 0. The Kier molecular flexibility index (Phi) is 9.03. The van der Waals surface area contributed by atoms with E-state index in [4.69, 9.17) is 0 Å².